The maximum Gasteiger partial charge on any atom is 0.241 e. The Hall–Kier alpha value is -1.46. The third kappa shape index (κ3) is 3.47. The molecule has 0 atom stereocenters. The molecule has 0 aliphatic carbocycles. The smallest absolute Gasteiger partial charge is 0.241 e. The summed E-state index contributed by atoms with van der Waals surface area (Å²) < 4.78 is 40.6. The SMILES string of the molecule is CCc1ccc(S(=O)(=O)NC(C)(C)CCF)c2ccccc12. The minimum atomic E-state index is -3.71. The Balaban J connectivity index is 2.55. The van der Waals surface area contributed by atoms with E-state index in [9.17, 15) is 12.8 Å². The number of hydrogen-bond donors (Lipinski definition) is 1. The fourth-order valence-electron chi connectivity index (χ4n) is 2.58. The van der Waals surface area contributed by atoms with Crippen molar-refractivity contribution < 1.29 is 12.8 Å². The monoisotopic (exact) mass is 323 g/mol. The molecule has 0 fully saturated rings. The lowest BCUT2D eigenvalue weighted by atomic mass is 10.0. The van der Waals surface area contributed by atoms with Crippen molar-refractivity contribution >= 4 is 20.8 Å². The van der Waals surface area contributed by atoms with Gasteiger partial charge in [-0.1, -0.05) is 37.3 Å². The van der Waals surface area contributed by atoms with Gasteiger partial charge in [-0.2, -0.15) is 0 Å². The molecule has 0 radical (unpaired) electrons. The van der Waals surface area contributed by atoms with Gasteiger partial charge < -0.3 is 0 Å². The number of aryl methyl sites for hydroxylation is 1. The number of benzene rings is 2. The van der Waals surface area contributed by atoms with Crippen molar-refractivity contribution in [2.45, 2.75) is 44.0 Å². The number of fused-ring (bicyclic) bond motifs is 1. The molecule has 0 bridgehead atoms. The highest BCUT2D eigenvalue weighted by molar-refractivity contribution is 7.89. The molecular weight excluding hydrogens is 301 g/mol. The van der Waals surface area contributed by atoms with Crippen molar-refractivity contribution in [3.63, 3.8) is 0 Å². The summed E-state index contributed by atoms with van der Waals surface area (Å²) in [7, 11) is -3.71. The van der Waals surface area contributed by atoms with Crippen LogP contribution in [0.5, 0.6) is 0 Å². The van der Waals surface area contributed by atoms with E-state index in [1.54, 1.807) is 19.9 Å². The number of rotatable bonds is 6. The molecule has 0 aliphatic rings. The van der Waals surface area contributed by atoms with Crippen LogP contribution in [0.15, 0.2) is 41.3 Å². The van der Waals surface area contributed by atoms with E-state index in [4.69, 9.17) is 0 Å². The molecule has 22 heavy (non-hydrogen) atoms. The Morgan fingerprint density at radius 1 is 1.09 bits per heavy atom. The van der Waals surface area contributed by atoms with Crippen molar-refractivity contribution in [2.75, 3.05) is 6.67 Å². The molecule has 0 spiro atoms. The van der Waals surface area contributed by atoms with Gasteiger partial charge in [0.25, 0.3) is 0 Å². The van der Waals surface area contributed by atoms with Crippen molar-refractivity contribution in [3.8, 4) is 0 Å². The number of alkyl halides is 1. The molecule has 0 aliphatic heterocycles. The van der Waals surface area contributed by atoms with Crippen LogP contribution in [0.1, 0.15) is 32.8 Å². The summed E-state index contributed by atoms with van der Waals surface area (Å²) >= 11 is 0. The van der Waals surface area contributed by atoms with Crippen LogP contribution in [0, 0.1) is 0 Å². The predicted octanol–water partition coefficient (Wildman–Crippen LogP) is 3.82. The van der Waals surface area contributed by atoms with Crippen LogP contribution in [0.4, 0.5) is 4.39 Å². The van der Waals surface area contributed by atoms with Crippen molar-refractivity contribution in [3.05, 3.63) is 42.0 Å². The lowest BCUT2D eigenvalue weighted by molar-refractivity contribution is 0.354. The van der Waals surface area contributed by atoms with E-state index < -0.39 is 22.2 Å². The second-order valence-electron chi connectivity index (χ2n) is 6.05. The van der Waals surface area contributed by atoms with Crippen molar-refractivity contribution in [2.24, 2.45) is 0 Å². The first-order chi connectivity index (χ1) is 10.3. The van der Waals surface area contributed by atoms with Crippen LogP contribution in [-0.2, 0) is 16.4 Å². The number of sulfonamides is 1. The second kappa shape index (κ2) is 6.34. The molecule has 0 amide bonds. The highest BCUT2D eigenvalue weighted by Crippen LogP contribution is 2.27. The van der Waals surface area contributed by atoms with Crippen molar-refractivity contribution in [1.82, 2.24) is 4.72 Å². The first-order valence-corrected chi connectivity index (χ1v) is 8.89. The fourth-order valence-corrected chi connectivity index (χ4v) is 4.24. The van der Waals surface area contributed by atoms with Crippen LogP contribution < -0.4 is 4.72 Å². The van der Waals surface area contributed by atoms with Gasteiger partial charge >= 0.3 is 0 Å². The lowest BCUT2D eigenvalue weighted by Crippen LogP contribution is -2.43. The normalized spacial score (nSPS) is 12.7. The average Bonchev–Trinajstić information content (AvgIpc) is 2.44. The van der Waals surface area contributed by atoms with Crippen LogP contribution in [-0.4, -0.2) is 20.6 Å². The van der Waals surface area contributed by atoms with E-state index in [-0.39, 0.29) is 11.3 Å². The molecule has 1 N–H and O–H groups in total. The van der Waals surface area contributed by atoms with Crippen LogP contribution in [0.25, 0.3) is 10.8 Å². The van der Waals surface area contributed by atoms with Crippen LogP contribution in [0.3, 0.4) is 0 Å². The van der Waals surface area contributed by atoms with Gasteiger partial charge in [0.2, 0.25) is 10.0 Å². The topological polar surface area (TPSA) is 46.2 Å². The number of hydrogen-bond acceptors (Lipinski definition) is 2. The largest absolute Gasteiger partial charge is 0.251 e. The van der Waals surface area contributed by atoms with Gasteiger partial charge in [-0.05, 0) is 43.7 Å². The molecule has 3 nitrogen and oxygen atoms in total. The van der Waals surface area contributed by atoms with E-state index >= 15 is 0 Å². The predicted molar refractivity (Wildman–Crippen MR) is 88.3 cm³/mol. The Labute approximate surface area is 131 Å². The van der Waals surface area contributed by atoms with Gasteiger partial charge in [0, 0.05) is 10.9 Å². The Kier molecular flexibility index (Phi) is 4.87. The molecule has 120 valence electrons. The minimum Gasteiger partial charge on any atom is -0.251 e. The summed E-state index contributed by atoms with van der Waals surface area (Å²) in [5, 5.41) is 1.64. The summed E-state index contributed by atoms with van der Waals surface area (Å²) in [5.74, 6) is 0. The fraction of sp³-hybridized carbons (Fsp3) is 0.412. The van der Waals surface area contributed by atoms with Crippen LogP contribution >= 0.6 is 0 Å². The quantitative estimate of drug-likeness (QED) is 0.878. The highest BCUT2D eigenvalue weighted by Gasteiger charge is 2.27. The molecule has 0 aromatic heterocycles. The van der Waals surface area contributed by atoms with E-state index in [0.29, 0.717) is 5.39 Å². The molecule has 0 saturated carbocycles. The lowest BCUT2D eigenvalue weighted by Gasteiger charge is -2.25. The minimum absolute atomic E-state index is 0.136. The third-order valence-corrected chi connectivity index (χ3v) is 5.53. The Morgan fingerprint density at radius 3 is 2.32 bits per heavy atom. The zero-order chi connectivity index (χ0) is 16.4. The first kappa shape index (κ1) is 16.9. The molecule has 0 unspecified atom stereocenters. The van der Waals surface area contributed by atoms with Gasteiger partial charge in [-0.15, -0.1) is 0 Å². The molecular formula is C17H22FNO2S. The van der Waals surface area contributed by atoms with Gasteiger partial charge in [0.15, 0.2) is 0 Å². The summed E-state index contributed by atoms with van der Waals surface area (Å²) in [6.45, 7) is 4.85. The summed E-state index contributed by atoms with van der Waals surface area (Å²) in [4.78, 5) is 0.243. The van der Waals surface area contributed by atoms with E-state index in [2.05, 4.69) is 4.72 Å². The number of nitrogens with one attached hydrogen (secondary N) is 1. The summed E-state index contributed by atoms with van der Waals surface area (Å²) in [5.41, 5.74) is 0.288. The van der Waals surface area contributed by atoms with Gasteiger partial charge in [-0.25, -0.2) is 13.1 Å². The Morgan fingerprint density at radius 2 is 1.73 bits per heavy atom. The zero-order valence-corrected chi connectivity index (χ0v) is 14.0. The maximum absolute atomic E-state index is 12.7. The standard InChI is InChI=1S/C17H22FNO2S/c1-4-13-9-10-16(15-8-6-5-7-14(13)15)22(20,21)19-17(2,3)11-12-18/h5-10,19H,4,11-12H2,1-3H3. The molecule has 2 rings (SSSR count). The molecule has 5 heteroatoms. The Bertz CT molecular complexity index is 769. The molecule has 2 aromatic rings. The zero-order valence-electron chi connectivity index (χ0n) is 13.2. The molecule has 2 aromatic carbocycles. The van der Waals surface area contributed by atoms with Gasteiger partial charge in [0.05, 0.1) is 11.6 Å². The third-order valence-electron chi connectivity index (χ3n) is 3.77. The van der Waals surface area contributed by atoms with E-state index in [1.165, 1.54) is 0 Å². The highest BCUT2D eigenvalue weighted by atomic mass is 32.2. The van der Waals surface area contributed by atoms with E-state index in [0.717, 1.165) is 17.4 Å². The van der Waals surface area contributed by atoms with Gasteiger partial charge in [0.1, 0.15) is 0 Å². The number of halogens is 1. The molecule has 0 saturated heterocycles. The second-order valence-corrected chi connectivity index (χ2v) is 7.70. The molecule has 0 heterocycles. The maximum atomic E-state index is 12.7. The van der Waals surface area contributed by atoms with E-state index in [1.807, 2.05) is 37.3 Å². The van der Waals surface area contributed by atoms with Crippen LogP contribution in [0.2, 0.25) is 0 Å². The summed E-state index contributed by atoms with van der Waals surface area (Å²) in [6, 6.07) is 10.9. The summed E-state index contributed by atoms with van der Waals surface area (Å²) in [6.07, 6.45) is 0.971. The van der Waals surface area contributed by atoms with Crippen molar-refractivity contribution in [1.29, 1.82) is 0 Å². The van der Waals surface area contributed by atoms with Gasteiger partial charge in [-0.3, -0.25) is 4.39 Å². The average molecular weight is 323 g/mol. The first-order valence-electron chi connectivity index (χ1n) is 7.41.